The fraction of sp³-hybridized carbons (Fsp3) is 0.294. The van der Waals surface area contributed by atoms with Crippen molar-refractivity contribution in [1.29, 1.82) is 0 Å². The van der Waals surface area contributed by atoms with Gasteiger partial charge in [-0.2, -0.15) is 0 Å². The summed E-state index contributed by atoms with van der Waals surface area (Å²) in [6.45, 7) is 1.65. The molecular formula is C17H18N8. The van der Waals surface area contributed by atoms with Gasteiger partial charge in [0.05, 0.1) is 28.2 Å². The number of nitrogens with one attached hydrogen (secondary N) is 2. The molecule has 0 amide bonds. The molecule has 4 N–H and O–H groups in total. The zero-order valence-corrected chi connectivity index (χ0v) is 13.6. The SMILES string of the molecule is NC1(c2nc3ccncc3[nH]2)CCN(c2ncnc3[nH]ccc23)CC1. The second-order valence-corrected chi connectivity index (χ2v) is 6.56. The molecule has 1 aliphatic rings. The minimum atomic E-state index is -0.459. The van der Waals surface area contributed by atoms with Gasteiger partial charge in [-0.25, -0.2) is 15.0 Å². The average molecular weight is 334 g/mol. The quantitative estimate of drug-likeness (QED) is 0.514. The molecule has 1 fully saturated rings. The fourth-order valence-corrected chi connectivity index (χ4v) is 3.56. The maximum atomic E-state index is 6.70. The number of fused-ring (bicyclic) bond motifs is 2. The highest BCUT2D eigenvalue weighted by Gasteiger charge is 2.36. The fourth-order valence-electron chi connectivity index (χ4n) is 3.56. The summed E-state index contributed by atoms with van der Waals surface area (Å²) in [6, 6.07) is 3.92. The second-order valence-electron chi connectivity index (χ2n) is 6.56. The largest absolute Gasteiger partial charge is 0.356 e. The molecule has 0 spiro atoms. The van der Waals surface area contributed by atoms with E-state index in [9.17, 15) is 0 Å². The van der Waals surface area contributed by atoms with Crippen molar-refractivity contribution < 1.29 is 0 Å². The summed E-state index contributed by atoms with van der Waals surface area (Å²) in [5.74, 6) is 1.80. The minimum absolute atomic E-state index is 0.459. The first-order valence-corrected chi connectivity index (χ1v) is 8.35. The molecule has 126 valence electrons. The van der Waals surface area contributed by atoms with Gasteiger partial charge in [0.2, 0.25) is 0 Å². The van der Waals surface area contributed by atoms with Crippen LogP contribution in [0.25, 0.3) is 22.1 Å². The van der Waals surface area contributed by atoms with Crippen LogP contribution in [-0.4, -0.2) is 43.0 Å². The number of nitrogens with zero attached hydrogens (tertiary/aromatic N) is 5. The highest BCUT2D eigenvalue weighted by Crippen LogP contribution is 2.33. The Labute approximate surface area is 143 Å². The summed E-state index contributed by atoms with van der Waals surface area (Å²) >= 11 is 0. The van der Waals surface area contributed by atoms with E-state index in [1.165, 1.54) is 0 Å². The first kappa shape index (κ1) is 14.4. The molecule has 0 atom stereocenters. The number of imidazole rings is 1. The van der Waals surface area contributed by atoms with Crippen LogP contribution >= 0.6 is 0 Å². The first-order valence-electron chi connectivity index (χ1n) is 8.35. The maximum Gasteiger partial charge on any atom is 0.142 e. The van der Waals surface area contributed by atoms with Crippen LogP contribution in [0.4, 0.5) is 5.82 Å². The Kier molecular flexibility index (Phi) is 3.01. The van der Waals surface area contributed by atoms with E-state index >= 15 is 0 Å². The van der Waals surface area contributed by atoms with Crippen LogP contribution in [0.1, 0.15) is 18.7 Å². The molecule has 4 aromatic rings. The van der Waals surface area contributed by atoms with Crippen molar-refractivity contribution >= 4 is 27.9 Å². The van der Waals surface area contributed by atoms with Crippen molar-refractivity contribution in [2.75, 3.05) is 18.0 Å². The van der Waals surface area contributed by atoms with E-state index in [4.69, 9.17) is 5.73 Å². The minimum Gasteiger partial charge on any atom is -0.356 e. The van der Waals surface area contributed by atoms with Crippen molar-refractivity contribution in [1.82, 2.24) is 29.9 Å². The van der Waals surface area contributed by atoms with E-state index < -0.39 is 5.54 Å². The van der Waals surface area contributed by atoms with Gasteiger partial charge in [-0.05, 0) is 25.0 Å². The Bertz CT molecular complexity index is 1010. The lowest BCUT2D eigenvalue weighted by atomic mass is 9.88. The number of pyridine rings is 1. The van der Waals surface area contributed by atoms with E-state index in [1.807, 2.05) is 18.3 Å². The molecule has 0 bridgehead atoms. The van der Waals surface area contributed by atoms with Gasteiger partial charge in [-0.3, -0.25) is 4.98 Å². The average Bonchev–Trinajstić information content (AvgIpc) is 3.29. The summed E-state index contributed by atoms with van der Waals surface area (Å²) in [7, 11) is 0. The lowest BCUT2D eigenvalue weighted by Crippen LogP contribution is -2.49. The zero-order valence-electron chi connectivity index (χ0n) is 13.6. The second kappa shape index (κ2) is 5.25. The normalized spacial score (nSPS) is 17.4. The number of aromatic nitrogens is 6. The monoisotopic (exact) mass is 334 g/mol. The number of piperidine rings is 1. The van der Waals surface area contributed by atoms with Gasteiger partial charge in [0.25, 0.3) is 0 Å². The molecule has 5 rings (SSSR count). The number of hydrogen-bond donors (Lipinski definition) is 3. The molecule has 1 aliphatic heterocycles. The van der Waals surface area contributed by atoms with E-state index in [1.54, 1.807) is 18.7 Å². The van der Waals surface area contributed by atoms with Crippen molar-refractivity contribution in [2.45, 2.75) is 18.4 Å². The van der Waals surface area contributed by atoms with Gasteiger partial charge in [0.1, 0.15) is 23.6 Å². The highest BCUT2D eigenvalue weighted by molar-refractivity contribution is 5.87. The third-order valence-corrected chi connectivity index (χ3v) is 5.04. The van der Waals surface area contributed by atoms with Gasteiger partial charge in [0, 0.05) is 25.5 Å². The van der Waals surface area contributed by atoms with E-state index in [0.29, 0.717) is 0 Å². The molecule has 4 aromatic heterocycles. The predicted octanol–water partition coefficient (Wildman–Crippen LogP) is 1.68. The number of aromatic amines is 2. The Balaban J connectivity index is 1.42. The smallest absolute Gasteiger partial charge is 0.142 e. The highest BCUT2D eigenvalue weighted by atomic mass is 15.2. The van der Waals surface area contributed by atoms with Gasteiger partial charge in [-0.1, -0.05) is 0 Å². The van der Waals surface area contributed by atoms with Crippen LogP contribution < -0.4 is 10.6 Å². The molecule has 0 aromatic carbocycles. The zero-order chi connectivity index (χ0) is 16.9. The van der Waals surface area contributed by atoms with Crippen LogP contribution in [0.5, 0.6) is 0 Å². The van der Waals surface area contributed by atoms with Crippen LogP contribution in [0.15, 0.2) is 37.1 Å². The Morgan fingerprint density at radius 2 is 2.04 bits per heavy atom. The molecule has 25 heavy (non-hydrogen) atoms. The Morgan fingerprint density at radius 1 is 1.16 bits per heavy atom. The molecule has 1 saturated heterocycles. The van der Waals surface area contributed by atoms with E-state index in [-0.39, 0.29) is 0 Å². The molecule has 0 saturated carbocycles. The third kappa shape index (κ3) is 2.25. The van der Waals surface area contributed by atoms with Gasteiger partial charge < -0.3 is 20.6 Å². The number of nitrogens with two attached hydrogens (primary N) is 1. The number of anilines is 1. The molecule has 8 heteroatoms. The summed E-state index contributed by atoms with van der Waals surface area (Å²) in [5, 5.41) is 1.04. The van der Waals surface area contributed by atoms with Crippen molar-refractivity contribution in [3.63, 3.8) is 0 Å². The lowest BCUT2D eigenvalue weighted by molar-refractivity contribution is 0.327. The molecule has 0 aliphatic carbocycles. The molecular weight excluding hydrogens is 316 g/mol. The molecule has 5 heterocycles. The number of rotatable bonds is 2. The third-order valence-electron chi connectivity index (χ3n) is 5.04. The maximum absolute atomic E-state index is 6.70. The molecule has 0 radical (unpaired) electrons. The van der Waals surface area contributed by atoms with Crippen LogP contribution in [0.3, 0.4) is 0 Å². The van der Waals surface area contributed by atoms with Crippen molar-refractivity contribution in [3.8, 4) is 0 Å². The Morgan fingerprint density at radius 3 is 2.88 bits per heavy atom. The number of H-pyrrole nitrogens is 2. The van der Waals surface area contributed by atoms with E-state index in [2.05, 4.69) is 34.8 Å². The van der Waals surface area contributed by atoms with Crippen molar-refractivity contribution in [2.24, 2.45) is 5.73 Å². The lowest BCUT2D eigenvalue weighted by Gasteiger charge is -2.38. The summed E-state index contributed by atoms with van der Waals surface area (Å²) in [6.07, 6.45) is 8.63. The Hall–Kier alpha value is -3.00. The summed E-state index contributed by atoms with van der Waals surface area (Å²) in [5.41, 5.74) is 8.93. The summed E-state index contributed by atoms with van der Waals surface area (Å²) in [4.78, 5) is 26.3. The van der Waals surface area contributed by atoms with Crippen molar-refractivity contribution in [3.05, 3.63) is 42.9 Å². The molecule has 0 unspecified atom stereocenters. The molecule has 8 nitrogen and oxygen atoms in total. The standard InChI is InChI=1S/C17H18N8/c18-17(16-23-12-2-5-19-9-13(12)24-16)3-7-25(8-4-17)15-11-1-6-20-14(11)21-10-22-15/h1-2,5-6,9-10H,3-4,7-8,18H2,(H,23,24)(H,20,21,22). The van der Waals surface area contributed by atoms with Gasteiger partial charge in [0.15, 0.2) is 0 Å². The predicted molar refractivity (Wildman–Crippen MR) is 95.1 cm³/mol. The van der Waals surface area contributed by atoms with Gasteiger partial charge >= 0.3 is 0 Å². The topological polar surface area (TPSA) is 112 Å². The number of hydrogen-bond acceptors (Lipinski definition) is 6. The summed E-state index contributed by atoms with van der Waals surface area (Å²) < 4.78 is 0. The van der Waals surface area contributed by atoms with E-state index in [0.717, 1.165) is 59.6 Å². The van der Waals surface area contributed by atoms with Crippen LogP contribution in [0.2, 0.25) is 0 Å². The van der Waals surface area contributed by atoms with Crippen LogP contribution in [-0.2, 0) is 5.54 Å². The van der Waals surface area contributed by atoms with Gasteiger partial charge in [-0.15, -0.1) is 0 Å². The van der Waals surface area contributed by atoms with Crippen LogP contribution in [0, 0.1) is 0 Å². The first-order chi connectivity index (χ1) is 12.2.